The van der Waals surface area contributed by atoms with Crippen LogP contribution in [0.1, 0.15) is 30.9 Å². The van der Waals surface area contributed by atoms with Crippen molar-refractivity contribution in [2.24, 2.45) is 13.0 Å². The first-order valence-corrected chi connectivity index (χ1v) is 9.67. The number of amides is 2. The third-order valence-corrected chi connectivity index (χ3v) is 5.23. The van der Waals surface area contributed by atoms with Gasteiger partial charge in [0.05, 0.1) is 19.2 Å². The number of aromatic nitrogens is 2. The van der Waals surface area contributed by atoms with Crippen LogP contribution in [0.2, 0.25) is 0 Å². The molecule has 1 aromatic heterocycles. The minimum atomic E-state index is -0.177. The summed E-state index contributed by atoms with van der Waals surface area (Å²) in [6, 6.07) is 7.68. The van der Waals surface area contributed by atoms with Crippen LogP contribution >= 0.6 is 0 Å². The van der Waals surface area contributed by atoms with Crippen LogP contribution in [0.25, 0.3) is 0 Å². The number of nitrogens with zero attached hydrogens (tertiary/aromatic N) is 4. The van der Waals surface area contributed by atoms with E-state index in [1.54, 1.807) is 22.9 Å². The number of hydrogen-bond donors (Lipinski definition) is 0. The van der Waals surface area contributed by atoms with Gasteiger partial charge in [0, 0.05) is 57.0 Å². The largest absolute Gasteiger partial charge is 0.496 e. The Hall–Kier alpha value is -2.83. The second-order valence-corrected chi connectivity index (χ2v) is 7.20. The fourth-order valence-corrected chi connectivity index (χ4v) is 3.69. The monoisotopic (exact) mass is 384 g/mol. The summed E-state index contributed by atoms with van der Waals surface area (Å²) in [5.41, 5.74) is 1.96. The standard InChI is InChI=1S/C21H28N4O3/c1-4-24(13-16-11-22-23(2)12-16)21(27)18-9-10-20(26)25(15-18)14-17-7-5-6-8-19(17)28-3/h5-8,11-12,18H,4,9-10,13-15H2,1-3H3/t18-/m0/s1. The molecule has 1 fully saturated rings. The van der Waals surface area contributed by atoms with Crippen molar-refractivity contribution in [3.05, 3.63) is 47.8 Å². The number of hydrogen-bond acceptors (Lipinski definition) is 4. The van der Waals surface area contributed by atoms with Gasteiger partial charge in [-0.2, -0.15) is 5.10 Å². The van der Waals surface area contributed by atoms with Crippen molar-refractivity contribution in [2.45, 2.75) is 32.9 Å². The first-order valence-electron chi connectivity index (χ1n) is 9.67. The van der Waals surface area contributed by atoms with Crippen molar-refractivity contribution in [1.29, 1.82) is 0 Å². The number of para-hydroxylation sites is 1. The molecule has 7 heteroatoms. The number of carbonyl (C=O) groups is 2. The molecule has 2 heterocycles. The van der Waals surface area contributed by atoms with Crippen molar-refractivity contribution < 1.29 is 14.3 Å². The fourth-order valence-electron chi connectivity index (χ4n) is 3.69. The molecule has 1 atom stereocenters. The minimum Gasteiger partial charge on any atom is -0.496 e. The highest BCUT2D eigenvalue weighted by Gasteiger charge is 2.32. The van der Waals surface area contributed by atoms with Gasteiger partial charge in [-0.3, -0.25) is 14.3 Å². The van der Waals surface area contributed by atoms with E-state index in [0.29, 0.717) is 39.0 Å². The van der Waals surface area contributed by atoms with Crippen LogP contribution in [-0.2, 0) is 29.7 Å². The summed E-state index contributed by atoms with van der Waals surface area (Å²) in [5.74, 6) is 0.772. The van der Waals surface area contributed by atoms with E-state index >= 15 is 0 Å². The van der Waals surface area contributed by atoms with Gasteiger partial charge in [0.1, 0.15) is 5.75 Å². The van der Waals surface area contributed by atoms with E-state index < -0.39 is 0 Å². The van der Waals surface area contributed by atoms with Crippen molar-refractivity contribution in [3.63, 3.8) is 0 Å². The van der Waals surface area contributed by atoms with Crippen molar-refractivity contribution in [2.75, 3.05) is 20.2 Å². The van der Waals surface area contributed by atoms with E-state index in [-0.39, 0.29) is 17.7 Å². The predicted molar refractivity (Wildman–Crippen MR) is 105 cm³/mol. The maximum atomic E-state index is 13.1. The first-order chi connectivity index (χ1) is 13.5. The van der Waals surface area contributed by atoms with E-state index in [1.807, 2.05) is 49.3 Å². The second-order valence-electron chi connectivity index (χ2n) is 7.20. The maximum Gasteiger partial charge on any atom is 0.227 e. The van der Waals surface area contributed by atoms with E-state index in [1.165, 1.54) is 0 Å². The van der Waals surface area contributed by atoms with Crippen LogP contribution in [0, 0.1) is 5.92 Å². The first kappa shape index (κ1) is 19.9. The molecule has 0 spiro atoms. The minimum absolute atomic E-state index is 0.0882. The Morgan fingerprint density at radius 1 is 1.36 bits per heavy atom. The third-order valence-electron chi connectivity index (χ3n) is 5.23. The molecule has 0 aliphatic carbocycles. The maximum absolute atomic E-state index is 13.1. The zero-order valence-electron chi connectivity index (χ0n) is 16.8. The van der Waals surface area contributed by atoms with Crippen LogP contribution in [0.15, 0.2) is 36.7 Å². The Morgan fingerprint density at radius 3 is 2.82 bits per heavy atom. The van der Waals surface area contributed by atoms with Gasteiger partial charge in [-0.25, -0.2) is 0 Å². The summed E-state index contributed by atoms with van der Waals surface area (Å²) in [5, 5.41) is 4.17. The molecule has 1 aromatic carbocycles. The van der Waals surface area contributed by atoms with Crippen molar-refractivity contribution >= 4 is 11.8 Å². The number of carbonyl (C=O) groups excluding carboxylic acids is 2. The predicted octanol–water partition coefficient (Wildman–Crippen LogP) is 2.22. The second kappa shape index (κ2) is 8.91. The Morgan fingerprint density at radius 2 is 2.14 bits per heavy atom. The molecule has 0 radical (unpaired) electrons. The van der Waals surface area contributed by atoms with E-state index in [0.717, 1.165) is 16.9 Å². The van der Waals surface area contributed by atoms with Gasteiger partial charge < -0.3 is 14.5 Å². The smallest absolute Gasteiger partial charge is 0.227 e. The molecular formula is C21H28N4O3. The average Bonchev–Trinajstić information content (AvgIpc) is 3.12. The lowest BCUT2D eigenvalue weighted by molar-refractivity contribution is -0.143. The molecule has 1 aliphatic rings. The summed E-state index contributed by atoms with van der Waals surface area (Å²) in [7, 11) is 3.49. The fraction of sp³-hybridized carbons (Fsp3) is 0.476. The number of benzene rings is 1. The Balaban J connectivity index is 1.68. The molecule has 0 N–H and O–H groups in total. The molecule has 3 rings (SSSR count). The molecule has 1 saturated heterocycles. The van der Waals surface area contributed by atoms with Crippen LogP contribution < -0.4 is 4.74 Å². The summed E-state index contributed by atoms with van der Waals surface area (Å²) in [6.07, 6.45) is 4.71. The van der Waals surface area contributed by atoms with Gasteiger partial charge >= 0.3 is 0 Å². The van der Waals surface area contributed by atoms with Crippen LogP contribution in [0.5, 0.6) is 5.75 Å². The van der Waals surface area contributed by atoms with E-state index in [2.05, 4.69) is 5.10 Å². The molecule has 28 heavy (non-hydrogen) atoms. The zero-order valence-corrected chi connectivity index (χ0v) is 16.8. The van der Waals surface area contributed by atoms with E-state index in [9.17, 15) is 9.59 Å². The average molecular weight is 384 g/mol. The Labute approximate surface area is 165 Å². The highest BCUT2D eigenvalue weighted by molar-refractivity contribution is 5.84. The number of aryl methyl sites for hydroxylation is 1. The Bertz CT molecular complexity index is 833. The Kier molecular flexibility index (Phi) is 6.34. The molecule has 1 aliphatic heterocycles. The van der Waals surface area contributed by atoms with Gasteiger partial charge in [0.15, 0.2) is 0 Å². The highest BCUT2D eigenvalue weighted by atomic mass is 16.5. The summed E-state index contributed by atoms with van der Waals surface area (Å²) in [4.78, 5) is 29.2. The molecule has 2 aromatic rings. The SMILES string of the molecule is CCN(Cc1cnn(C)c1)C(=O)[C@H]1CCC(=O)N(Cc2ccccc2OC)C1. The summed E-state index contributed by atoms with van der Waals surface area (Å²) in [6.45, 7) is 4.06. The number of methoxy groups -OCH3 is 1. The number of ether oxygens (including phenoxy) is 1. The summed E-state index contributed by atoms with van der Waals surface area (Å²) >= 11 is 0. The molecule has 0 unspecified atom stereocenters. The number of piperidine rings is 1. The summed E-state index contributed by atoms with van der Waals surface area (Å²) < 4.78 is 7.14. The van der Waals surface area contributed by atoms with Gasteiger partial charge in [-0.05, 0) is 19.4 Å². The molecular weight excluding hydrogens is 356 g/mol. The normalized spacial score (nSPS) is 16.9. The van der Waals surface area contributed by atoms with Gasteiger partial charge in [-0.15, -0.1) is 0 Å². The van der Waals surface area contributed by atoms with Crippen LogP contribution in [0.3, 0.4) is 0 Å². The van der Waals surface area contributed by atoms with Gasteiger partial charge in [-0.1, -0.05) is 18.2 Å². The zero-order chi connectivity index (χ0) is 20.1. The lowest BCUT2D eigenvalue weighted by atomic mass is 9.95. The topological polar surface area (TPSA) is 67.7 Å². The quantitative estimate of drug-likeness (QED) is 0.734. The van der Waals surface area contributed by atoms with Gasteiger partial charge in [0.25, 0.3) is 0 Å². The highest BCUT2D eigenvalue weighted by Crippen LogP contribution is 2.25. The lowest BCUT2D eigenvalue weighted by Crippen LogP contribution is -2.46. The molecule has 0 saturated carbocycles. The molecule has 0 bridgehead atoms. The van der Waals surface area contributed by atoms with Crippen LogP contribution in [0.4, 0.5) is 0 Å². The number of likely N-dealkylation sites (tertiary alicyclic amines) is 1. The van der Waals surface area contributed by atoms with Gasteiger partial charge in [0.2, 0.25) is 11.8 Å². The molecule has 2 amide bonds. The van der Waals surface area contributed by atoms with E-state index in [4.69, 9.17) is 4.74 Å². The van der Waals surface area contributed by atoms with Crippen molar-refractivity contribution in [3.8, 4) is 5.75 Å². The van der Waals surface area contributed by atoms with Crippen molar-refractivity contribution in [1.82, 2.24) is 19.6 Å². The molecule has 150 valence electrons. The number of rotatable bonds is 7. The lowest BCUT2D eigenvalue weighted by Gasteiger charge is -2.34. The van der Waals surface area contributed by atoms with Crippen LogP contribution in [-0.4, -0.2) is 51.6 Å². The third kappa shape index (κ3) is 4.52. The molecule has 7 nitrogen and oxygen atoms in total.